The predicted molar refractivity (Wildman–Crippen MR) is 58.9 cm³/mol. The van der Waals surface area contributed by atoms with Crippen LogP contribution in [0.1, 0.15) is 11.1 Å². The van der Waals surface area contributed by atoms with Gasteiger partial charge in [-0.3, -0.25) is 0 Å². The Morgan fingerprint density at radius 3 is 2.43 bits per heavy atom. The summed E-state index contributed by atoms with van der Waals surface area (Å²) in [5, 5.41) is 0. The van der Waals surface area contributed by atoms with Crippen molar-refractivity contribution in [2.75, 3.05) is 5.73 Å². The van der Waals surface area contributed by atoms with Crippen molar-refractivity contribution in [2.45, 2.75) is 6.42 Å². The van der Waals surface area contributed by atoms with E-state index in [0.717, 1.165) is 12.1 Å². The van der Waals surface area contributed by atoms with Gasteiger partial charge in [-0.05, 0) is 29.7 Å². The summed E-state index contributed by atoms with van der Waals surface area (Å²) in [4.78, 5) is 0. The molecule has 2 aromatic rings. The number of benzene rings is 2. The molecule has 1 radical (unpaired) electrons. The van der Waals surface area contributed by atoms with E-state index >= 15 is 0 Å². The van der Waals surface area contributed by atoms with Gasteiger partial charge in [-0.2, -0.15) is 0 Å². The first-order chi connectivity index (χ1) is 6.86. The largest absolute Gasteiger partial charge is 0.398 e. The SMILES string of the molecule is Nc1ccccc1Cc1cc[c]cc1. The number of para-hydroxylation sites is 1. The molecule has 0 spiro atoms. The molecule has 1 heteroatoms. The molecule has 0 aliphatic carbocycles. The molecule has 0 atom stereocenters. The lowest BCUT2D eigenvalue weighted by Gasteiger charge is -2.04. The Balaban J connectivity index is 2.24. The minimum atomic E-state index is 0.861. The van der Waals surface area contributed by atoms with Crippen LogP contribution in [0, 0.1) is 6.07 Å². The van der Waals surface area contributed by atoms with Crippen LogP contribution in [0.4, 0.5) is 5.69 Å². The first kappa shape index (κ1) is 8.82. The van der Waals surface area contributed by atoms with E-state index in [9.17, 15) is 0 Å². The van der Waals surface area contributed by atoms with Crippen LogP contribution in [0.25, 0.3) is 0 Å². The van der Waals surface area contributed by atoms with Crippen LogP contribution >= 0.6 is 0 Å². The van der Waals surface area contributed by atoms with Crippen molar-refractivity contribution in [1.29, 1.82) is 0 Å². The average Bonchev–Trinajstić information content (AvgIpc) is 2.23. The lowest BCUT2D eigenvalue weighted by molar-refractivity contribution is 1.20. The number of hydrogen-bond acceptors (Lipinski definition) is 1. The maximum atomic E-state index is 5.86. The van der Waals surface area contributed by atoms with Crippen molar-refractivity contribution < 1.29 is 0 Å². The summed E-state index contributed by atoms with van der Waals surface area (Å²) >= 11 is 0. The van der Waals surface area contributed by atoms with Gasteiger partial charge in [0.1, 0.15) is 0 Å². The number of hydrogen-bond donors (Lipinski definition) is 1. The van der Waals surface area contributed by atoms with Crippen LogP contribution in [-0.2, 0) is 6.42 Å². The summed E-state index contributed by atoms with van der Waals surface area (Å²) in [6.45, 7) is 0. The van der Waals surface area contributed by atoms with Crippen LogP contribution in [0.3, 0.4) is 0 Å². The Morgan fingerprint density at radius 2 is 1.71 bits per heavy atom. The second-order valence-electron chi connectivity index (χ2n) is 3.28. The molecule has 1 nitrogen and oxygen atoms in total. The van der Waals surface area contributed by atoms with Gasteiger partial charge in [-0.15, -0.1) is 0 Å². The molecule has 0 aliphatic rings. The highest BCUT2D eigenvalue weighted by atomic mass is 14.6. The van der Waals surface area contributed by atoms with Gasteiger partial charge >= 0.3 is 0 Å². The van der Waals surface area contributed by atoms with E-state index in [4.69, 9.17) is 5.73 Å². The van der Waals surface area contributed by atoms with Gasteiger partial charge in [0.2, 0.25) is 0 Å². The van der Waals surface area contributed by atoms with Crippen LogP contribution < -0.4 is 5.73 Å². The molecule has 0 fully saturated rings. The summed E-state index contributed by atoms with van der Waals surface area (Å²) in [6, 6.07) is 18.9. The van der Waals surface area contributed by atoms with Crippen LogP contribution in [0.2, 0.25) is 0 Å². The molecule has 2 N–H and O–H groups in total. The molecule has 0 saturated carbocycles. The van der Waals surface area contributed by atoms with Gasteiger partial charge in [0.25, 0.3) is 0 Å². The van der Waals surface area contributed by atoms with Gasteiger partial charge in [0.15, 0.2) is 0 Å². The lowest BCUT2D eigenvalue weighted by Crippen LogP contribution is -1.94. The summed E-state index contributed by atoms with van der Waals surface area (Å²) < 4.78 is 0. The van der Waals surface area contributed by atoms with Crippen LogP contribution in [0.5, 0.6) is 0 Å². The highest BCUT2D eigenvalue weighted by Gasteiger charge is 1.98. The zero-order valence-electron chi connectivity index (χ0n) is 7.90. The molecule has 0 saturated heterocycles. The van der Waals surface area contributed by atoms with Gasteiger partial charge in [-0.25, -0.2) is 0 Å². The molecule has 0 bridgehead atoms. The molecule has 0 amide bonds. The average molecular weight is 182 g/mol. The smallest absolute Gasteiger partial charge is 0.0349 e. The zero-order chi connectivity index (χ0) is 9.80. The van der Waals surface area contributed by atoms with E-state index in [0.29, 0.717) is 0 Å². The van der Waals surface area contributed by atoms with Gasteiger partial charge in [0, 0.05) is 5.69 Å². The fourth-order valence-corrected chi connectivity index (χ4v) is 1.45. The van der Waals surface area contributed by atoms with Crippen molar-refractivity contribution >= 4 is 5.69 Å². The quantitative estimate of drug-likeness (QED) is 0.710. The number of nitrogen functional groups attached to an aromatic ring is 1. The summed E-state index contributed by atoms with van der Waals surface area (Å²) in [5.74, 6) is 0. The molecule has 2 rings (SSSR count). The Kier molecular flexibility index (Phi) is 2.50. The molecule has 0 aromatic heterocycles. The maximum Gasteiger partial charge on any atom is 0.0349 e. The molecule has 0 heterocycles. The molecule has 0 unspecified atom stereocenters. The Bertz CT molecular complexity index is 407. The van der Waals surface area contributed by atoms with E-state index in [1.807, 2.05) is 30.3 Å². The van der Waals surface area contributed by atoms with Crippen LogP contribution in [0.15, 0.2) is 48.5 Å². The number of nitrogens with two attached hydrogens (primary N) is 1. The van der Waals surface area contributed by atoms with Crippen molar-refractivity contribution in [3.05, 3.63) is 65.7 Å². The van der Waals surface area contributed by atoms with Gasteiger partial charge in [0.05, 0.1) is 0 Å². The molecular weight excluding hydrogens is 170 g/mol. The Hall–Kier alpha value is -1.76. The third-order valence-corrected chi connectivity index (χ3v) is 2.24. The fraction of sp³-hybridized carbons (Fsp3) is 0.0769. The van der Waals surface area contributed by atoms with E-state index < -0.39 is 0 Å². The third-order valence-electron chi connectivity index (χ3n) is 2.24. The maximum absolute atomic E-state index is 5.86. The van der Waals surface area contributed by atoms with E-state index in [2.05, 4.69) is 24.3 Å². The van der Waals surface area contributed by atoms with Crippen molar-refractivity contribution in [1.82, 2.24) is 0 Å². The van der Waals surface area contributed by atoms with Gasteiger partial charge in [-0.1, -0.05) is 42.5 Å². The van der Waals surface area contributed by atoms with Crippen molar-refractivity contribution in [2.24, 2.45) is 0 Å². The fourth-order valence-electron chi connectivity index (χ4n) is 1.45. The minimum absolute atomic E-state index is 0.861. The van der Waals surface area contributed by atoms with E-state index in [1.165, 1.54) is 11.1 Å². The molecule has 2 aromatic carbocycles. The number of rotatable bonds is 2. The molecule has 14 heavy (non-hydrogen) atoms. The first-order valence-electron chi connectivity index (χ1n) is 4.64. The molecular formula is C13H12N. The summed E-state index contributed by atoms with van der Waals surface area (Å²) in [5.41, 5.74) is 9.17. The van der Waals surface area contributed by atoms with E-state index in [-0.39, 0.29) is 0 Å². The van der Waals surface area contributed by atoms with Gasteiger partial charge < -0.3 is 5.73 Å². The second kappa shape index (κ2) is 3.97. The zero-order valence-corrected chi connectivity index (χ0v) is 7.90. The predicted octanol–water partition coefficient (Wildman–Crippen LogP) is 2.66. The summed E-state index contributed by atoms with van der Waals surface area (Å²) in [6.07, 6.45) is 0.890. The topological polar surface area (TPSA) is 26.0 Å². The van der Waals surface area contributed by atoms with Crippen molar-refractivity contribution in [3.63, 3.8) is 0 Å². The normalized spacial score (nSPS) is 10.0. The highest BCUT2D eigenvalue weighted by Crippen LogP contribution is 2.15. The van der Waals surface area contributed by atoms with Crippen LogP contribution in [-0.4, -0.2) is 0 Å². The van der Waals surface area contributed by atoms with E-state index in [1.54, 1.807) is 0 Å². The summed E-state index contributed by atoms with van der Waals surface area (Å²) in [7, 11) is 0. The minimum Gasteiger partial charge on any atom is -0.398 e. The first-order valence-corrected chi connectivity index (χ1v) is 4.64. The second-order valence-corrected chi connectivity index (χ2v) is 3.28. The Labute approximate surface area is 84.2 Å². The monoisotopic (exact) mass is 182 g/mol. The molecule has 0 aliphatic heterocycles. The third kappa shape index (κ3) is 1.94. The van der Waals surface area contributed by atoms with Crippen molar-refractivity contribution in [3.8, 4) is 0 Å². The molecule has 69 valence electrons. The highest BCUT2D eigenvalue weighted by molar-refractivity contribution is 5.48. The Morgan fingerprint density at radius 1 is 1.00 bits per heavy atom. The lowest BCUT2D eigenvalue weighted by atomic mass is 10.0. The number of anilines is 1. The standard InChI is InChI=1S/C13H12N/c14-13-9-5-4-8-12(13)10-11-6-2-1-3-7-11/h2-9H,10,14H2.